The van der Waals surface area contributed by atoms with E-state index < -0.39 is 0 Å². The number of carbonyl (C=O) groups excluding carboxylic acids is 2. The zero-order chi connectivity index (χ0) is 21.1. The minimum absolute atomic E-state index is 0.197. The number of nitrogens with zero attached hydrogens (tertiary/aromatic N) is 2. The smallest absolute Gasteiger partial charge is 0.266 e. The number of amides is 1. The number of aldehydes is 1. The normalized spacial score (nSPS) is 15.1. The van der Waals surface area contributed by atoms with Crippen molar-refractivity contribution in [3.05, 3.63) is 94.3 Å². The SMILES string of the molecule is O=Cc1ccc(-c2cccc(/C=C3\SC(=S)N(Cc4ccc(F)cc4)C3=O)n2)cc1. The molecular formula is C23H15FN2O2S2. The summed E-state index contributed by atoms with van der Waals surface area (Å²) in [6, 6.07) is 18.7. The maximum absolute atomic E-state index is 13.1. The molecule has 0 atom stereocenters. The van der Waals surface area contributed by atoms with E-state index in [0.29, 0.717) is 27.0 Å². The number of benzene rings is 2. The number of carbonyl (C=O) groups is 2. The van der Waals surface area contributed by atoms with Crippen molar-refractivity contribution in [1.29, 1.82) is 0 Å². The Bertz CT molecular complexity index is 1160. The molecule has 0 unspecified atom stereocenters. The Kier molecular flexibility index (Phi) is 5.83. The largest absolute Gasteiger partial charge is 0.298 e. The molecule has 0 N–H and O–H groups in total. The Morgan fingerprint density at radius 3 is 2.47 bits per heavy atom. The minimum Gasteiger partial charge on any atom is -0.298 e. The Morgan fingerprint density at radius 2 is 1.77 bits per heavy atom. The molecule has 4 rings (SSSR count). The van der Waals surface area contributed by atoms with Gasteiger partial charge in [0.25, 0.3) is 5.91 Å². The van der Waals surface area contributed by atoms with Crippen LogP contribution in [0.4, 0.5) is 4.39 Å². The maximum atomic E-state index is 13.1. The third kappa shape index (κ3) is 4.37. The van der Waals surface area contributed by atoms with E-state index >= 15 is 0 Å². The van der Waals surface area contributed by atoms with Crippen molar-refractivity contribution >= 4 is 46.6 Å². The lowest BCUT2D eigenvalue weighted by atomic mass is 10.1. The monoisotopic (exact) mass is 434 g/mol. The number of pyridine rings is 1. The first-order chi connectivity index (χ1) is 14.5. The predicted octanol–water partition coefficient (Wildman–Crippen LogP) is 5.10. The maximum Gasteiger partial charge on any atom is 0.266 e. The second kappa shape index (κ2) is 8.69. The van der Waals surface area contributed by atoms with Gasteiger partial charge in [0.1, 0.15) is 16.4 Å². The van der Waals surface area contributed by atoms with Crippen LogP contribution in [0.5, 0.6) is 0 Å². The van der Waals surface area contributed by atoms with Gasteiger partial charge in [0.2, 0.25) is 0 Å². The standard InChI is InChI=1S/C23H15FN2O2S2/c24-18-10-6-15(7-11-18)13-26-22(28)21(30-23(26)29)12-19-2-1-3-20(25-19)17-8-4-16(14-27)5-9-17/h1-12,14H,13H2/b21-12-. The quantitative estimate of drug-likeness (QED) is 0.318. The van der Waals surface area contributed by atoms with Gasteiger partial charge in [-0.3, -0.25) is 14.5 Å². The van der Waals surface area contributed by atoms with Gasteiger partial charge in [-0.1, -0.05) is 66.4 Å². The van der Waals surface area contributed by atoms with E-state index in [2.05, 4.69) is 4.98 Å². The highest BCUT2D eigenvalue weighted by Gasteiger charge is 2.32. The van der Waals surface area contributed by atoms with Crippen molar-refractivity contribution < 1.29 is 14.0 Å². The van der Waals surface area contributed by atoms with Crippen LogP contribution in [-0.2, 0) is 11.3 Å². The molecule has 30 heavy (non-hydrogen) atoms. The van der Waals surface area contributed by atoms with Gasteiger partial charge in [-0.25, -0.2) is 9.37 Å². The number of aromatic nitrogens is 1. The summed E-state index contributed by atoms with van der Waals surface area (Å²) in [6.45, 7) is 0.291. The first-order valence-corrected chi connectivity index (χ1v) is 10.3. The first-order valence-electron chi connectivity index (χ1n) is 9.06. The average molecular weight is 435 g/mol. The Balaban J connectivity index is 1.55. The fraction of sp³-hybridized carbons (Fsp3) is 0.0435. The minimum atomic E-state index is -0.323. The molecule has 0 radical (unpaired) electrons. The van der Waals surface area contributed by atoms with E-state index in [0.717, 1.165) is 23.1 Å². The number of rotatable bonds is 5. The lowest BCUT2D eigenvalue weighted by molar-refractivity contribution is -0.122. The van der Waals surface area contributed by atoms with Gasteiger partial charge < -0.3 is 0 Å². The van der Waals surface area contributed by atoms with Crippen LogP contribution in [0.2, 0.25) is 0 Å². The lowest BCUT2D eigenvalue weighted by Crippen LogP contribution is -2.27. The van der Waals surface area contributed by atoms with Crippen LogP contribution in [0.25, 0.3) is 17.3 Å². The predicted molar refractivity (Wildman–Crippen MR) is 120 cm³/mol. The molecule has 0 saturated carbocycles. The van der Waals surface area contributed by atoms with Crippen LogP contribution in [0.3, 0.4) is 0 Å². The van der Waals surface area contributed by atoms with E-state index in [9.17, 15) is 14.0 Å². The zero-order valence-electron chi connectivity index (χ0n) is 15.6. The molecule has 2 aromatic carbocycles. The second-order valence-corrected chi connectivity index (χ2v) is 8.26. The Morgan fingerprint density at radius 1 is 1.03 bits per heavy atom. The first kappa shape index (κ1) is 20.1. The molecule has 1 saturated heterocycles. The van der Waals surface area contributed by atoms with Gasteiger partial charge in [0.15, 0.2) is 0 Å². The van der Waals surface area contributed by atoms with E-state index in [1.807, 2.05) is 30.3 Å². The van der Waals surface area contributed by atoms with Crippen LogP contribution < -0.4 is 0 Å². The van der Waals surface area contributed by atoms with Gasteiger partial charge in [0, 0.05) is 11.1 Å². The van der Waals surface area contributed by atoms with Crippen molar-refractivity contribution in [2.24, 2.45) is 0 Å². The highest BCUT2D eigenvalue weighted by atomic mass is 32.2. The summed E-state index contributed by atoms with van der Waals surface area (Å²) < 4.78 is 13.6. The second-order valence-electron chi connectivity index (χ2n) is 6.58. The molecule has 1 aliphatic rings. The summed E-state index contributed by atoms with van der Waals surface area (Å²) in [5, 5.41) is 0. The van der Waals surface area contributed by atoms with E-state index in [-0.39, 0.29) is 11.7 Å². The van der Waals surface area contributed by atoms with Gasteiger partial charge in [0.05, 0.1) is 22.8 Å². The number of hydrogen-bond acceptors (Lipinski definition) is 5. The lowest BCUT2D eigenvalue weighted by Gasteiger charge is -2.14. The molecule has 0 aliphatic carbocycles. The Hall–Kier alpha value is -3.16. The topological polar surface area (TPSA) is 50.3 Å². The molecule has 0 bridgehead atoms. The summed E-state index contributed by atoms with van der Waals surface area (Å²) >= 11 is 6.59. The third-order valence-electron chi connectivity index (χ3n) is 4.52. The van der Waals surface area contributed by atoms with Crippen molar-refractivity contribution in [2.75, 3.05) is 0 Å². The number of thiocarbonyl (C=S) groups is 1. The van der Waals surface area contributed by atoms with Gasteiger partial charge in [-0.05, 0) is 35.9 Å². The fourth-order valence-corrected chi connectivity index (χ4v) is 4.21. The van der Waals surface area contributed by atoms with Crippen molar-refractivity contribution in [2.45, 2.75) is 6.54 Å². The summed E-state index contributed by atoms with van der Waals surface area (Å²) in [5.74, 6) is -0.521. The average Bonchev–Trinajstić information content (AvgIpc) is 3.03. The fourth-order valence-electron chi connectivity index (χ4n) is 2.97. The van der Waals surface area contributed by atoms with E-state index in [1.54, 1.807) is 30.3 Å². The molecule has 4 nitrogen and oxygen atoms in total. The summed E-state index contributed by atoms with van der Waals surface area (Å²) in [4.78, 5) is 30.3. The number of thioether (sulfide) groups is 1. The van der Waals surface area contributed by atoms with Gasteiger partial charge >= 0.3 is 0 Å². The highest BCUT2D eigenvalue weighted by molar-refractivity contribution is 8.26. The van der Waals surface area contributed by atoms with Crippen LogP contribution >= 0.6 is 24.0 Å². The van der Waals surface area contributed by atoms with Crippen molar-refractivity contribution in [3.63, 3.8) is 0 Å². The molecule has 1 aromatic heterocycles. The summed E-state index contributed by atoms with van der Waals surface area (Å²) in [6.07, 6.45) is 2.51. The van der Waals surface area contributed by atoms with Crippen LogP contribution in [0.15, 0.2) is 71.6 Å². The van der Waals surface area contributed by atoms with Crippen LogP contribution in [0, 0.1) is 5.82 Å². The number of hydrogen-bond donors (Lipinski definition) is 0. The zero-order valence-corrected chi connectivity index (χ0v) is 17.3. The molecule has 3 aromatic rings. The molecule has 148 valence electrons. The van der Waals surface area contributed by atoms with E-state index in [1.165, 1.54) is 28.8 Å². The molecular weight excluding hydrogens is 419 g/mol. The summed E-state index contributed by atoms with van der Waals surface area (Å²) in [7, 11) is 0. The molecule has 0 spiro atoms. The van der Waals surface area contributed by atoms with Crippen molar-refractivity contribution in [3.8, 4) is 11.3 Å². The highest BCUT2D eigenvalue weighted by Crippen LogP contribution is 2.33. The molecule has 7 heteroatoms. The third-order valence-corrected chi connectivity index (χ3v) is 5.90. The van der Waals surface area contributed by atoms with Crippen molar-refractivity contribution in [1.82, 2.24) is 9.88 Å². The van der Waals surface area contributed by atoms with Gasteiger partial charge in [-0.15, -0.1) is 0 Å². The molecule has 2 heterocycles. The molecule has 1 fully saturated rings. The number of halogens is 1. The molecule has 1 aliphatic heterocycles. The van der Waals surface area contributed by atoms with Crippen LogP contribution in [0.1, 0.15) is 21.6 Å². The van der Waals surface area contributed by atoms with E-state index in [4.69, 9.17) is 12.2 Å². The molecule has 1 amide bonds. The Labute approximate surface area is 182 Å². The summed E-state index contributed by atoms with van der Waals surface area (Å²) in [5.41, 5.74) is 3.64. The van der Waals surface area contributed by atoms with Gasteiger partial charge in [-0.2, -0.15) is 0 Å². The van der Waals surface area contributed by atoms with Crippen LogP contribution in [-0.4, -0.2) is 26.4 Å².